The van der Waals surface area contributed by atoms with E-state index in [4.69, 9.17) is 14.2 Å². The molecule has 3 aliphatic heterocycles. The molecule has 0 radical (unpaired) electrons. The van der Waals surface area contributed by atoms with Crippen LogP contribution in [0.4, 0.5) is 5.69 Å². The molecule has 3 fully saturated rings. The topological polar surface area (TPSA) is 114 Å². The fourth-order valence-electron chi connectivity index (χ4n) is 5.86. The number of carbonyl (C=O) groups excluding carboxylic acids is 3. The summed E-state index contributed by atoms with van der Waals surface area (Å²) < 4.78 is 16.9. The number of hydrogen-bond donors (Lipinski definition) is 2. The molecule has 1 spiro atoms. The van der Waals surface area contributed by atoms with Crippen molar-refractivity contribution in [2.75, 3.05) is 32.2 Å². The number of likely N-dealkylation sites (tertiary alicyclic amines) is 1. The van der Waals surface area contributed by atoms with E-state index in [2.05, 4.69) is 5.32 Å². The van der Waals surface area contributed by atoms with E-state index in [0.717, 1.165) is 0 Å². The smallest absolute Gasteiger partial charge is 0.312 e. The molecule has 2 amide bonds. The van der Waals surface area contributed by atoms with Gasteiger partial charge >= 0.3 is 5.97 Å². The maximum absolute atomic E-state index is 13.5. The summed E-state index contributed by atoms with van der Waals surface area (Å²) in [5.74, 6) is -2.31. The maximum Gasteiger partial charge on any atom is 0.312 e. The first-order valence-corrected chi connectivity index (χ1v) is 11.0. The number of hydrogen-bond acceptors (Lipinski definition) is 7. The number of aliphatic hydroxyl groups is 1. The highest BCUT2D eigenvalue weighted by atomic mass is 16.6. The number of ether oxygens (including phenoxy) is 3. The van der Waals surface area contributed by atoms with Gasteiger partial charge in [0.2, 0.25) is 11.8 Å². The fraction of sp³-hybridized carbons (Fsp3) is 0.609. The molecule has 3 aliphatic rings. The van der Waals surface area contributed by atoms with Crippen molar-refractivity contribution in [3.63, 3.8) is 0 Å². The maximum atomic E-state index is 13.5. The standard InChI is InChI=1S/C23H30N2O7/c1-5-31-21(29)17-16-20(28)25(10-11-26)18(23(16)12-13(2)22(17,3)32-23)19(27)24-14-6-8-15(30-4)9-7-14/h6-9,13,16-18,26H,5,10-12H2,1-4H3,(H,24,27)/t13?,16-,17+,18?,22-,23?/m0/s1. The summed E-state index contributed by atoms with van der Waals surface area (Å²) in [6.07, 6.45) is 0.457. The number of nitrogens with one attached hydrogen (secondary N) is 1. The molecule has 32 heavy (non-hydrogen) atoms. The Bertz CT molecular complexity index is 919. The van der Waals surface area contributed by atoms with Crippen LogP contribution in [0.15, 0.2) is 24.3 Å². The van der Waals surface area contributed by atoms with Gasteiger partial charge < -0.3 is 29.5 Å². The van der Waals surface area contributed by atoms with Crippen molar-refractivity contribution < 1.29 is 33.7 Å². The van der Waals surface area contributed by atoms with Gasteiger partial charge in [-0.2, -0.15) is 0 Å². The first-order chi connectivity index (χ1) is 15.2. The number of amides is 2. The van der Waals surface area contributed by atoms with Gasteiger partial charge in [0.15, 0.2) is 0 Å². The molecule has 9 heteroatoms. The second-order valence-electron chi connectivity index (χ2n) is 8.93. The number of rotatable bonds is 7. The van der Waals surface area contributed by atoms with Gasteiger partial charge in [-0.25, -0.2) is 0 Å². The number of carbonyl (C=O) groups is 3. The van der Waals surface area contributed by atoms with Gasteiger partial charge in [-0.1, -0.05) is 6.92 Å². The number of benzene rings is 1. The molecule has 2 N–H and O–H groups in total. The Hall–Kier alpha value is -2.65. The van der Waals surface area contributed by atoms with Crippen LogP contribution in [-0.4, -0.2) is 71.9 Å². The lowest BCUT2D eigenvalue weighted by molar-refractivity contribution is -0.161. The van der Waals surface area contributed by atoms with E-state index < -0.39 is 41.0 Å². The molecule has 0 aromatic heterocycles. The number of methoxy groups -OCH3 is 1. The van der Waals surface area contributed by atoms with E-state index in [0.29, 0.717) is 17.9 Å². The van der Waals surface area contributed by atoms with Crippen molar-refractivity contribution in [1.29, 1.82) is 0 Å². The highest BCUT2D eigenvalue weighted by Crippen LogP contribution is 2.65. The van der Waals surface area contributed by atoms with E-state index >= 15 is 0 Å². The Balaban J connectivity index is 1.72. The predicted molar refractivity (Wildman–Crippen MR) is 114 cm³/mol. The average Bonchev–Trinajstić information content (AvgIpc) is 3.26. The molecular formula is C23H30N2O7. The molecule has 3 heterocycles. The third-order valence-electron chi connectivity index (χ3n) is 7.30. The van der Waals surface area contributed by atoms with Crippen molar-refractivity contribution in [3.8, 4) is 5.75 Å². The first-order valence-electron chi connectivity index (χ1n) is 11.0. The number of β-amino-alcohol motifs (C(OH)–C–C–N with tert-alkyl or cyclic N) is 1. The van der Waals surface area contributed by atoms with E-state index in [9.17, 15) is 19.5 Å². The minimum Gasteiger partial charge on any atom is -0.497 e. The van der Waals surface area contributed by atoms with E-state index in [1.54, 1.807) is 38.3 Å². The zero-order valence-electron chi connectivity index (χ0n) is 18.8. The summed E-state index contributed by atoms with van der Waals surface area (Å²) in [4.78, 5) is 41.3. The van der Waals surface area contributed by atoms with Gasteiger partial charge in [0, 0.05) is 12.2 Å². The molecule has 0 saturated carbocycles. The molecule has 174 valence electrons. The summed E-state index contributed by atoms with van der Waals surface area (Å²) in [5.41, 5.74) is -1.52. The van der Waals surface area contributed by atoms with E-state index in [1.165, 1.54) is 4.90 Å². The van der Waals surface area contributed by atoms with Crippen LogP contribution in [-0.2, 0) is 23.9 Å². The van der Waals surface area contributed by atoms with Crippen molar-refractivity contribution in [1.82, 2.24) is 4.90 Å². The summed E-state index contributed by atoms with van der Waals surface area (Å²) in [6, 6.07) is 5.88. The Morgan fingerprint density at radius 3 is 2.59 bits per heavy atom. The fourth-order valence-corrected chi connectivity index (χ4v) is 5.86. The second kappa shape index (κ2) is 8.04. The van der Waals surface area contributed by atoms with Crippen molar-refractivity contribution in [3.05, 3.63) is 24.3 Å². The largest absolute Gasteiger partial charge is 0.497 e. The minimum absolute atomic E-state index is 0.0260. The number of anilines is 1. The Labute approximate surface area is 187 Å². The highest BCUT2D eigenvalue weighted by Gasteiger charge is 2.80. The van der Waals surface area contributed by atoms with Gasteiger partial charge in [-0.3, -0.25) is 14.4 Å². The highest BCUT2D eigenvalue weighted by molar-refractivity contribution is 6.03. The molecule has 1 aromatic rings. The van der Waals surface area contributed by atoms with Gasteiger partial charge in [-0.05, 0) is 50.5 Å². The Morgan fingerprint density at radius 2 is 2.00 bits per heavy atom. The average molecular weight is 447 g/mol. The monoisotopic (exact) mass is 446 g/mol. The molecule has 2 bridgehead atoms. The van der Waals surface area contributed by atoms with Crippen LogP contribution in [0.2, 0.25) is 0 Å². The number of aliphatic hydroxyl groups excluding tert-OH is 1. The summed E-state index contributed by atoms with van der Waals surface area (Å²) >= 11 is 0. The van der Waals surface area contributed by atoms with E-state index in [-0.39, 0.29) is 31.6 Å². The molecular weight excluding hydrogens is 416 g/mol. The Kier molecular flexibility index (Phi) is 5.67. The molecule has 0 aliphatic carbocycles. The minimum atomic E-state index is -1.16. The summed E-state index contributed by atoms with van der Waals surface area (Å²) in [6.45, 7) is 5.37. The lowest BCUT2D eigenvalue weighted by Crippen LogP contribution is -2.54. The molecule has 4 rings (SSSR count). The number of fused-ring (bicyclic) bond motifs is 1. The van der Waals surface area contributed by atoms with Crippen LogP contribution in [0.3, 0.4) is 0 Å². The lowest BCUT2D eigenvalue weighted by Gasteiger charge is -2.35. The summed E-state index contributed by atoms with van der Waals surface area (Å²) in [5, 5.41) is 12.5. The third kappa shape index (κ3) is 3.09. The molecule has 3 unspecified atom stereocenters. The molecule has 1 aromatic carbocycles. The Morgan fingerprint density at radius 1 is 1.31 bits per heavy atom. The van der Waals surface area contributed by atoms with Crippen LogP contribution in [0.25, 0.3) is 0 Å². The number of esters is 1. The quantitative estimate of drug-likeness (QED) is 0.605. The molecule has 6 atom stereocenters. The zero-order chi connectivity index (χ0) is 23.3. The van der Waals surface area contributed by atoms with Gasteiger partial charge in [0.05, 0.1) is 31.8 Å². The number of nitrogens with zero attached hydrogens (tertiary/aromatic N) is 1. The summed E-state index contributed by atoms with van der Waals surface area (Å²) in [7, 11) is 1.56. The van der Waals surface area contributed by atoms with Crippen LogP contribution in [0, 0.1) is 17.8 Å². The van der Waals surface area contributed by atoms with E-state index in [1.807, 2.05) is 13.8 Å². The predicted octanol–water partition coefficient (Wildman–Crippen LogP) is 1.20. The van der Waals surface area contributed by atoms with Crippen LogP contribution >= 0.6 is 0 Å². The zero-order valence-corrected chi connectivity index (χ0v) is 18.8. The van der Waals surface area contributed by atoms with Gasteiger partial charge in [0.1, 0.15) is 23.3 Å². The molecule has 9 nitrogen and oxygen atoms in total. The van der Waals surface area contributed by atoms with Gasteiger partial charge in [0.25, 0.3) is 0 Å². The van der Waals surface area contributed by atoms with Crippen LogP contribution in [0.5, 0.6) is 5.75 Å². The van der Waals surface area contributed by atoms with Crippen LogP contribution in [0.1, 0.15) is 27.2 Å². The van der Waals surface area contributed by atoms with Crippen molar-refractivity contribution in [2.24, 2.45) is 17.8 Å². The van der Waals surface area contributed by atoms with Gasteiger partial charge in [-0.15, -0.1) is 0 Å². The van der Waals surface area contributed by atoms with Crippen molar-refractivity contribution >= 4 is 23.5 Å². The van der Waals surface area contributed by atoms with Crippen molar-refractivity contribution in [2.45, 2.75) is 44.4 Å². The third-order valence-corrected chi connectivity index (χ3v) is 7.30. The second-order valence-corrected chi connectivity index (χ2v) is 8.93. The molecule has 3 saturated heterocycles. The normalized spacial score (nSPS) is 35.0. The lowest BCUT2D eigenvalue weighted by atomic mass is 9.62. The first kappa shape index (κ1) is 22.5. The van der Waals surface area contributed by atoms with Crippen LogP contribution < -0.4 is 10.1 Å². The SMILES string of the molecule is CCOC(=O)[C@H]1[C@H]2C(=O)N(CCO)C(C(=O)Nc3ccc(OC)cc3)C23CC(C)[C@]1(C)O3.